The molecule has 0 N–H and O–H groups in total. The van der Waals surface area contributed by atoms with Gasteiger partial charge in [-0.25, -0.2) is 0 Å². The molecule has 0 spiro atoms. The zero-order valence-electron chi connectivity index (χ0n) is 5.93. The van der Waals surface area contributed by atoms with E-state index >= 15 is 0 Å². The van der Waals surface area contributed by atoms with Crippen LogP contribution in [0.1, 0.15) is 0 Å². The van der Waals surface area contributed by atoms with E-state index in [0.29, 0.717) is 11.0 Å². The van der Waals surface area contributed by atoms with Crippen LogP contribution in [-0.2, 0) is 0 Å². The van der Waals surface area contributed by atoms with Crippen LogP contribution in [-0.4, -0.2) is 10.1 Å². The monoisotopic (exact) mass is 164 g/mol. The van der Waals surface area contributed by atoms with Crippen LogP contribution >= 0.6 is 0 Å². The predicted molar refractivity (Wildman–Crippen MR) is 40.7 cm³/mol. The summed E-state index contributed by atoms with van der Waals surface area (Å²) in [5, 5.41) is 14.3. The second-order valence-electron chi connectivity index (χ2n) is 2.27. The molecular formula is C7H4N2O3. The van der Waals surface area contributed by atoms with Gasteiger partial charge in [0.25, 0.3) is 5.69 Å². The third kappa shape index (κ3) is 0.833. The van der Waals surface area contributed by atoms with Crippen molar-refractivity contribution in [3.63, 3.8) is 0 Å². The van der Waals surface area contributed by atoms with E-state index in [4.69, 9.17) is 4.52 Å². The number of fused-ring (bicyclic) bond motifs is 1. The zero-order chi connectivity index (χ0) is 8.55. The standard InChI is InChI=1S/C7H4N2O3/c10-9(11)6-2-1-3-7-5(6)4-8-12-7/h1-4H. The summed E-state index contributed by atoms with van der Waals surface area (Å²) in [5.74, 6) is 0. The van der Waals surface area contributed by atoms with E-state index in [9.17, 15) is 10.1 Å². The molecule has 5 heteroatoms. The number of benzene rings is 1. The van der Waals surface area contributed by atoms with E-state index in [0.717, 1.165) is 0 Å². The van der Waals surface area contributed by atoms with E-state index in [2.05, 4.69) is 5.16 Å². The fraction of sp³-hybridized carbons (Fsp3) is 0. The number of nitrogens with zero attached hydrogens (tertiary/aromatic N) is 2. The molecule has 0 saturated carbocycles. The first-order chi connectivity index (χ1) is 5.79. The van der Waals surface area contributed by atoms with E-state index in [1.807, 2.05) is 0 Å². The van der Waals surface area contributed by atoms with Gasteiger partial charge in [-0.2, -0.15) is 0 Å². The third-order valence-electron chi connectivity index (χ3n) is 1.57. The quantitative estimate of drug-likeness (QED) is 0.475. The topological polar surface area (TPSA) is 69.2 Å². The van der Waals surface area contributed by atoms with Crippen LogP contribution in [0, 0.1) is 10.1 Å². The molecule has 0 aliphatic heterocycles. The largest absolute Gasteiger partial charge is 0.356 e. The molecule has 60 valence electrons. The predicted octanol–water partition coefficient (Wildman–Crippen LogP) is 1.74. The minimum atomic E-state index is -0.459. The number of rotatable bonds is 1. The molecule has 0 amide bonds. The summed E-state index contributed by atoms with van der Waals surface area (Å²) in [6.45, 7) is 0. The van der Waals surface area contributed by atoms with Crippen molar-refractivity contribution in [3.05, 3.63) is 34.5 Å². The minimum absolute atomic E-state index is 0.0220. The van der Waals surface area contributed by atoms with Gasteiger partial charge in [0.1, 0.15) is 5.39 Å². The summed E-state index contributed by atoms with van der Waals surface area (Å²) in [6.07, 6.45) is 1.34. The molecule has 5 nitrogen and oxygen atoms in total. The fourth-order valence-corrected chi connectivity index (χ4v) is 1.04. The minimum Gasteiger partial charge on any atom is -0.356 e. The highest BCUT2D eigenvalue weighted by Crippen LogP contribution is 2.24. The Hall–Kier alpha value is -1.91. The summed E-state index contributed by atoms with van der Waals surface area (Å²) in [4.78, 5) is 9.99. The molecule has 1 aromatic carbocycles. The molecule has 0 radical (unpaired) electrons. The highest BCUT2D eigenvalue weighted by Gasteiger charge is 2.12. The van der Waals surface area contributed by atoms with Crippen LogP contribution in [0.2, 0.25) is 0 Å². The van der Waals surface area contributed by atoms with Gasteiger partial charge < -0.3 is 4.52 Å². The maximum atomic E-state index is 10.4. The third-order valence-corrected chi connectivity index (χ3v) is 1.57. The van der Waals surface area contributed by atoms with Gasteiger partial charge in [0.15, 0.2) is 5.58 Å². The van der Waals surface area contributed by atoms with Crippen molar-refractivity contribution >= 4 is 16.7 Å². The lowest BCUT2D eigenvalue weighted by molar-refractivity contribution is -0.383. The molecule has 12 heavy (non-hydrogen) atoms. The molecular weight excluding hydrogens is 160 g/mol. The van der Waals surface area contributed by atoms with Crippen molar-refractivity contribution in [3.8, 4) is 0 Å². The van der Waals surface area contributed by atoms with Gasteiger partial charge in [-0.05, 0) is 6.07 Å². The Balaban J connectivity index is 2.82. The lowest BCUT2D eigenvalue weighted by Gasteiger charge is -1.89. The van der Waals surface area contributed by atoms with Gasteiger partial charge in [0, 0.05) is 6.07 Å². The van der Waals surface area contributed by atoms with Crippen molar-refractivity contribution in [2.24, 2.45) is 0 Å². The maximum absolute atomic E-state index is 10.4. The summed E-state index contributed by atoms with van der Waals surface area (Å²) in [5.41, 5.74) is 0.456. The van der Waals surface area contributed by atoms with E-state index in [1.165, 1.54) is 12.3 Å². The fourth-order valence-electron chi connectivity index (χ4n) is 1.04. The summed E-state index contributed by atoms with van der Waals surface area (Å²) >= 11 is 0. The van der Waals surface area contributed by atoms with Crippen LogP contribution in [0.4, 0.5) is 5.69 Å². The highest BCUT2D eigenvalue weighted by molar-refractivity contribution is 5.85. The first kappa shape index (κ1) is 6.78. The Morgan fingerprint density at radius 2 is 2.33 bits per heavy atom. The SMILES string of the molecule is O=[N+]([O-])c1cccc2oncc12. The Morgan fingerprint density at radius 1 is 1.50 bits per heavy atom. The number of hydrogen-bond donors (Lipinski definition) is 0. The lowest BCUT2D eigenvalue weighted by Crippen LogP contribution is -1.86. The molecule has 0 unspecified atom stereocenters. The average molecular weight is 164 g/mol. The van der Waals surface area contributed by atoms with Crippen molar-refractivity contribution in [1.82, 2.24) is 5.16 Å². The molecule has 0 atom stereocenters. The second-order valence-corrected chi connectivity index (χ2v) is 2.27. The van der Waals surface area contributed by atoms with E-state index in [-0.39, 0.29) is 5.69 Å². The van der Waals surface area contributed by atoms with Gasteiger partial charge in [-0.15, -0.1) is 0 Å². The van der Waals surface area contributed by atoms with Gasteiger partial charge in [-0.3, -0.25) is 10.1 Å². The number of nitro benzene ring substituents is 1. The first-order valence-corrected chi connectivity index (χ1v) is 3.27. The lowest BCUT2D eigenvalue weighted by atomic mass is 10.2. The molecule has 0 fully saturated rings. The van der Waals surface area contributed by atoms with Crippen LogP contribution in [0.3, 0.4) is 0 Å². The van der Waals surface area contributed by atoms with Crippen molar-refractivity contribution in [1.29, 1.82) is 0 Å². The zero-order valence-corrected chi connectivity index (χ0v) is 5.93. The van der Waals surface area contributed by atoms with E-state index in [1.54, 1.807) is 12.1 Å². The van der Waals surface area contributed by atoms with Gasteiger partial charge >= 0.3 is 0 Å². The molecule has 1 aromatic heterocycles. The maximum Gasteiger partial charge on any atom is 0.282 e. The molecule has 2 aromatic rings. The summed E-state index contributed by atoms with van der Waals surface area (Å²) in [7, 11) is 0. The summed E-state index contributed by atoms with van der Waals surface area (Å²) in [6, 6.07) is 4.61. The van der Waals surface area contributed by atoms with Crippen LogP contribution < -0.4 is 0 Å². The molecule has 1 heterocycles. The smallest absolute Gasteiger partial charge is 0.282 e. The Labute approximate surface area is 66.7 Å². The molecule has 0 aliphatic rings. The van der Waals surface area contributed by atoms with Gasteiger partial charge in [0.2, 0.25) is 0 Å². The van der Waals surface area contributed by atoms with Crippen LogP contribution in [0.5, 0.6) is 0 Å². The highest BCUT2D eigenvalue weighted by atomic mass is 16.6. The summed E-state index contributed by atoms with van der Waals surface area (Å²) < 4.78 is 4.75. The Kier molecular flexibility index (Phi) is 1.30. The Bertz CT molecular complexity index is 435. The van der Waals surface area contributed by atoms with Crippen molar-refractivity contribution in [2.45, 2.75) is 0 Å². The number of aromatic nitrogens is 1. The molecule has 0 saturated heterocycles. The average Bonchev–Trinajstić information content (AvgIpc) is 2.49. The van der Waals surface area contributed by atoms with Gasteiger partial charge in [-0.1, -0.05) is 11.2 Å². The van der Waals surface area contributed by atoms with Gasteiger partial charge in [0.05, 0.1) is 11.1 Å². The molecule has 2 rings (SSSR count). The van der Waals surface area contributed by atoms with Crippen LogP contribution in [0.15, 0.2) is 28.9 Å². The van der Waals surface area contributed by atoms with E-state index < -0.39 is 4.92 Å². The molecule has 0 aliphatic carbocycles. The normalized spacial score (nSPS) is 10.3. The number of non-ortho nitro benzene ring substituents is 1. The number of hydrogen-bond acceptors (Lipinski definition) is 4. The molecule has 0 bridgehead atoms. The van der Waals surface area contributed by atoms with Crippen LogP contribution in [0.25, 0.3) is 11.0 Å². The first-order valence-electron chi connectivity index (χ1n) is 3.27. The Morgan fingerprint density at radius 3 is 3.08 bits per heavy atom. The second kappa shape index (κ2) is 2.30. The van der Waals surface area contributed by atoms with Crippen molar-refractivity contribution in [2.75, 3.05) is 0 Å². The number of nitro groups is 1. The van der Waals surface area contributed by atoms with Crippen molar-refractivity contribution < 1.29 is 9.45 Å².